The predicted octanol–water partition coefficient (Wildman–Crippen LogP) is 4.68. The monoisotopic (exact) mass is 468 g/mol. The minimum atomic E-state index is -4.02. The first kappa shape index (κ1) is 21.1. The molecule has 4 aromatic rings. The summed E-state index contributed by atoms with van der Waals surface area (Å²) < 4.78 is 65.5. The summed E-state index contributed by atoms with van der Waals surface area (Å²) in [5, 5.41) is 4.58. The molecule has 3 aromatic carbocycles. The predicted molar refractivity (Wildman–Crippen MR) is 118 cm³/mol. The quantitative estimate of drug-likeness (QED) is 0.407. The van der Waals surface area contributed by atoms with Crippen LogP contribution < -0.4 is 8.92 Å². The molecule has 0 saturated heterocycles. The van der Waals surface area contributed by atoms with Crippen LogP contribution in [0.3, 0.4) is 0 Å². The number of halogens is 2. The van der Waals surface area contributed by atoms with Crippen molar-refractivity contribution >= 4 is 10.1 Å². The number of fused-ring (bicyclic) bond motifs is 1. The van der Waals surface area contributed by atoms with Gasteiger partial charge in [0.25, 0.3) is 0 Å². The lowest BCUT2D eigenvalue weighted by atomic mass is 9.90. The van der Waals surface area contributed by atoms with Gasteiger partial charge in [-0.3, -0.25) is 0 Å². The van der Waals surface area contributed by atoms with Crippen LogP contribution in [0.25, 0.3) is 16.9 Å². The topological polar surface area (TPSA) is 70.4 Å². The molecule has 1 unspecified atom stereocenters. The van der Waals surface area contributed by atoms with Gasteiger partial charge < -0.3 is 8.92 Å². The smallest absolute Gasteiger partial charge is 0.311 e. The molecule has 9 heteroatoms. The Morgan fingerprint density at radius 1 is 1.00 bits per heavy atom. The number of methoxy groups -OCH3 is 1. The minimum absolute atomic E-state index is 0.0449. The third kappa shape index (κ3) is 3.84. The summed E-state index contributed by atoms with van der Waals surface area (Å²) in [6, 6.07) is 18.5. The number of hydrogen-bond donors (Lipinski definition) is 0. The highest BCUT2D eigenvalue weighted by atomic mass is 32.2. The van der Waals surface area contributed by atoms with E-state index >= 15 is 0 Å². The van der Waals surface area contributed by atoms with Crippen molar-refractivity contribution in [2.45, 2.75) is 5.92 Å². The van der Waals surface area contributed by atoms with Crippen molar-refractivity contribution in [3.63, 3.8) is 0 Å². The summed E-state index contributed by atoms with van der Waals surface area (Å²) in [6.45, 7) is 0. The van der Waals surface area contributed by atoms with E-state index in [2.05, 4.69) is 5.10 Å². The molecule has 1 aliphatic rings. The number of rotatable bonds is 4. The number of hydrogen-bond acceptors (Lipinski definition) is 5. The van der Waals surface area contributed by atoms with Gasteiger partial charge in [0, 0.05) is 11.5 Å². The fourth-order valence-electron chi connectivity index (χ4n) is 3.96. The Balaban J connectivity index is 1.80. The maximum Gasteiger partial charge on any atom is 0.311 e. The normalized spacial score (nSPS) is 16.6. The number of para-hydroxylation sites is 1. The average molecular weight is 468 g/mol. The van der Waals surface area contributed by atoms with Gasteiger partial charge in [-0.05, 0) is 54.1 Å². The van der Waals surface area contributed by atoms with E-state index in [1.807, 2.05) is 0 Å². The van der Waals surface area contributed by atoms with Crippen molar-refractivity contribution in [2.24, 2.45) is 0 Å². The molecule has 33 heavy (non-hydrogen) atoms. The van der Waals surface area contributed by atoms with Crippen LogP contribution in [0.15, 0.2) is 72.8 Å². The number of aromatic nitrogens is 2. The molecule has 2 heterocycles. The van der Waals surface area contributed by atoms with E-state index in [0.717, 1.165) is 4.68 Å². The lowest BCUT2D eigenvalue weighted by Crippen LogP contribution is -2.27. The Morgan fingerprint density at radius 2 is 1.70 bits per heavy atom. The summed E-state index contributed by atoms with van der Waals surface area (Å²) in [5.74, 6) is -1.54. The largest absolute Gasteiger partial charge is 0.497 e. The first-order chi connectivity index (χ1) is 15.9. The Labute approximate surface area is 189 Å². The second-order valence-corrected chi connectivity index (χ2v) is 9.19. The van der Waals surface area contributed by atoms with Crippen LogP contribution in [0.2, 0.25) is 0 Å². The summed E-state index contributed by atoms with van der Waals surface area (Å²) in [4.78, 5) is 0. The molecule has 6 nitrogen and oxygen atoms in total. The van der Waals surface area contributed by atoms with Crippen molar-refractivity contribution < 1.29 is 26.1 Å². The van der Waals surface area contributed by atoms with E-state index in [9.17, 15) is 17.2 Å². The first-order valence-corrected chi connectivity index (χ1v) is 11.6. The van der Waals surface area contributed by atoms with Gasteiger partial charge in [-0.1, -0.05) is 24.3 Å². The standard InChI is InChI=1S/C24H18F2N2O4S/c1-31-18-12-8-16(9-13-18)23-22-19(15-6-10-17(25)11-7-15)14-33(29,30)32-24(22)28(27-23)21-5-3-2-4-20(21)26/h2-13,19H,14H2,1H3. The Bertz CT molecular complexity index is 1430. The molecular weight excluding hydrogens is 450 g/mol. The maximum atomic E-state index is 14.7. The van der Waals surface area contributed by atoms with Crippen LogP contribution in [0.1, 0.15) is 17.0 Å². The van der Waals surface area contributed by atoms with Gasteiger partial charge in [-0.15, -0.1) is 0 Å². The van der Waals surface area contributed by atoms with Crippen molar-refractivity contribution in [1.82, 2.24) is 9.78 Å². The van der Waals surface area contributed by atoms with E-state index in [-0.39, 0.29) is 17.3 Å². The molecule has 0 radical (unpaired) electrons. The van der Waals surface area contributed by atoms with Crippen LogP contribution >= 0.6 is 0 Å². The minimum Gasteiger partial charge on any atom is -0.497 e. The second kappa shape index (κ2) is 8.00. The number of ether oxygens (including phenoxy) is 1. The van der Waals surface area contributed by atoms with Crippen molar-refractivity contribution in [3.05, 3.63) is 95.6 Å². The molecule has 0 amide bonds. The maximum absolute atomic E-state index is 14.7. The SMILES string of the molecule is COc1ccc(-c2nn(-c3ccccc3F)c3c2C(c2ccc(F)cc2)CS(=O)(=O)O3)cc1. The molecule has 1 aliphatic heterocycles. The highest BCUT2D eigenvalue weighted by Gasteiger charge is 2.39. The molecule has 0 bridgehead atoms. The van der Waals surface area contributed by atoms with E-state index in [4.69, 9.17) is 8.92 Å². The lowest BCUT2D eigenvalue weighted by Gasteiger charge is -2.24. The molecule has 0 N–H and O–H groups in total. The van der Waals surface area contributed by atoms with E-state index in [1.54, 1.807) is 37.4 Å². The van der Waals surface area contributed by atoms with Crippen LogP contribution in [0.4, 0.5) is 8.78 Å². The zero-order valence-corrected chi connectivity index (χ0v) is 18.2. The summed E-state index contributed by atoms with van der Waals surface area (Å²) in [7, 11) is -2.47. The molecule has 1 aromatic heterocycles. The van der Waals surface area contributed by atoms with E-state index in [0.29, 0.717) is 28.1 Å². The molecule has 0 aliphatic carbocycles. The molecule has 0 saturated carbocycles. The van der Waals surface area contributed by atoms with Gasteiger partial charge in [-0.2, -0.15) is 18.2 Å². The summed E-state index contributed by atoms with van der Waals surface area (Å²) in [5.41, 5.74) is 2.19. The van der Waals surface area contributed by atoms with Gasteiger partial charge in [0.2, 0.25) is 5.88 Å². The first-order valence-electron chi connectivity index (χ1n) is 10.1. The molecule has 1 atom stereocenters. The van der Waals surface area contributed by atoms with Gasteiger partial charge in [0.15, 0.2) is 0 Å². The zero-order valence-electron chi connectivity index (χ0n) is 17.4. The summed E-state index contributed by atoms with van der Waals surface area (Å²) >= 11 is 0. The lowest BCUT2D eigenvalue weighted by molar-refractivity contribution is 0.415. The molecule has 0 spiro atoms. The molecular formula is C24H18F2N2O4S. The highest BCUT2D eigenvalue weighted by molar-refractivity contribution is 7.87. The van der Waals surface area contributed by atoms with Crippen molar-refractivity contribution in [1.29, 1.82) is 0 Å². The average Bonchev–Trinajstić information content (AvgIpc) is 3.17. The van der Waals surface area contributed by atoms with Crippen molar-refractivity contribution in [2.75, 3.05) is 12.9 Å². The zero-order chi connectivity index (χ0) is 23.2. The second-order valence-electron chi connectivity index (χ2n) is 7.57. The fraction of sp³-hybridized carbons (Fsp3) is 0.125. The number of nitrogens with zero attached hydrogens (tertiary/aromatic N) is 2. The van der Waals surface area contributed by atoms with Gasteiger partial charge in [-0.25, -0.2) is 8.78 Å². The molecule has 168 valence electrons. The Kier molecular flexibility index (Phi) is 5.13. The van der Waals surface area contributed by atoms with Crippen LogP contribution in [0, 0.1) is 11.6 Å². The van der Waals surface area contributed by atoms with Crippen molar-refractivity contribution in [3.8, 4) is 28.6 Å². The summed E-state index contributed by atoms with van der Waals surface area (Å²) in [6.07, 6.45) is 0. The van der Waals surface area contributed by atoms with Crippen LogP contribution in [0.5, 0.6) is 11.6 Å². The molecule has 0 fully saturated rings. The Hall–Kier alpha value is -3.72. The molecule has 5 rings (SSSR count). The van der Waals surface area contributed by atoms with Crippen LogP contribution in [-0.4, -0.2) is 31.1 Å². The third-order valence-corrected chi connectivity index (χ3v) is 6.67. The van der Waals surface area contributed by atoms with Gasteiger partial charge in [0.05, 0.1) is 18.4 Å². The van der Waals surface area contributed by atoms with E-state index < -0.39 is 27.7 Å². The van der Waals surface area contributed by atoms with E-state index in [1.165, 1.54) is 42.5 Å². The van der Waals surface area contributed by atoms with Gasteiger partial charge in [0.1, 0.15) is 28.8 Å². The fourth-order valence-corrected chi connectivity index (χ4v) is 5.19. The van der Waals surface area contributed by atoms with Crippen LogP contribution in [-0.2, 0) is 10.1 Å². The Morgan fingerprint density at radius 3 is 2.36 bits per heavy atom. The number of benzene rings is 3. The highest BCUT2D eigenvalue weighted by Crippen LogP contribution is 2.45. The van der Waals surface area contributed by atoms with Gasteiger partial charge >= 0.3 is 10.1 Å². The third-order valence-electron chi connectivity index (χ3n) is 5.52.